The first-order chi connectivity index (χ1) is 13.2. The Balaban J connectivity index is 2.07. The summed E-state index contributed by atoms with van der Waals surface area (Å²) >= 11 is 0. The third kappa shape index (κ3) is 4.81. The molecule has 0 aromatic heterocycles. The molecule has 0 spiro atoms. The van der Waals surface area contributed by atoms with Crippen molar-refractivity contribution in [2.24, 2.45) is 0 Å². The van der Waals surface area contributed by atoms with Crippen LogP contribution in [0.15, 0.2) is 36.4 Å². The number of amides is 1. The molecular formula is C19H18FN3O5. The molecule has 2 aromatic carbocycles. The van der Waals surface area contributed by atoms with Crippen molar-refractivity contribution < 1.29 is 24.0 Å². The van der Waals surface area contributed by atoms with Crippen molar-refractivity contribution in [2.45, 2.75) is 25.9 Å². The molecule has 9 heteroatoms. The van der Waals surface area contributed by atoms with E-state index in [4.69, 9.17) is 10.00 Å². The van der Waals surface area contributed by atoms with Crippen LogP contribution in [0.4, 0.5) is 15.8 Å². The van der Waals surface area contributed by atoms with Gasteiger partial charge in [-0.05, 0) is 37.6 Å². The van der Waals surface area contributed by atoms with Crippen LogP contribution in [0.2, 0.25) is 0 Å². The molecule has 28 heavy (non-hydrogen) atoms. The lowest BCUT2D eigenvalue weighted by Gasteiger charge is -2.22. The molecule has 0 aliphatic carbocycles. The van der Waals surface area contributed by atoms with E-state index in [-0.39, 0.29) is 22.7 Å². The fourth-order valence-electron chi connectivity index (χ4n) is 2.36. The standard InChI is InChI=1S/C19H18FN3O5/c1-3-12-8-14(5-7-17(12)23(26)27)22-18(24)19(2,25)11-28-15-6-4-13(10-21)16(20)9-15/h4-9,25H,3,11H2,1-2H3,(H,22,24). The molecule has 0 saturated heterocycles. The van der Waals surface area contributed by atoms with Gasteiger partial charge in [0.1, 0.15) is 24.2 Å². The van der Waals surface area contributed by atoms with Crippen LogP contribution in [0.1, 0.15) is 25.0 Å². The maximum absolute atomic E-state index is 13.6. The highest BCUT2D eigenvalue weighted by atomic mass is 19.1. The van der Waals surface area contributed by atoms with Crippen LogP contribution in [-0.2, 0) is 11.2 Å². The van der Waals surface area contributed by atoms with E-state index in [2.05, 4.69) is 5.32 Å². The van der Waals surface area contributed by atoms with Gasteiger partial charge in [0.15, 0.2) is 5.60 Å². The van der Waals surface area contributed by atoms with Gasteiger partial charge in [-0.2, -0.15) is 5.26 Å². The first kappa shape index (κ1) is 20.8. The van der Waals surface area contributed by atoms with Crippen molar-refractivity contribution in [2.75, 3.05) is 11.9 Å². The molecule has 0 saturated carbocycles. The van der Waals surface area contributed by atoms with Gasteiger partial charge in [-0.25, -0.2) is 4.39 Å². The maximum Gasteiger partial charge on any atom is 0.272 e. The molecule has 1 atom stereocenters. The number of nitrogens with zero attached hydrogens (tertiary/aromatic N) is 2. The summed E-state index contributed by atoms with van der Waals surface area (Å²) in [4.78, 5) is 22.8. The van der Waals surface area contributed by atoms with Gasteiger partial charge >= 0.3 is 0 Å². The predicted molar refractivity (Wildman–Crippen MR) is 98.3 cm³/mol. The number of benzene rings is 2. The summed E-state index contributed by atoms with van der Waals surface area (Å²) in [6.45, 7) is 2.49. The zero-order valence-corrected chi connectivity index (χ0v) is 15.2. The summed E-state index contributed by atoms with van der Waals surface area (Å²) in [6.07, 6.45) is 0.393. The van der Waals surface area contributed by atoms with Crippen LogP contribution in [0.3, 0.4) is 0 Å². The van der Waals surface area contributed by atoms with Gasteiger partial charge in [0.25, 0.3) is 11.6 Å². The molecule has 0 fully saturated rings. The van der Waals surface area contributed by atoms with E-state index >= 15 is 0 Å². The van der Waals surface area contributed by atoms with E-state index < -0.39 is 28.9 Å². The van der Waals surface area contributed by atoms with Crippen LogP contribution in [0, 0.1) is 27.3 Å². The van der Waals surface area contributed by atoms with E-state index in [1.165, 1.54) is 37.3 Å². The van der Waals surface area contributed by atoms with Gasteiger partial charge < -0.3 is 15.2 Å². The molecule has 2 aromatic rings. The lowest BCUT2D eigenvalue weighted by molar-refractivity contribution is -0.385. The number of nitro benzene ring substituents is 1. The topological polar surface area (TPSA) is 125 Å². The summed E-state index contributed by atoms with van der Waals surface area (Å²) in [5.41, 5.74) is -1.44. The summed E-state index contributed by atoms with van der Waals surface area (Å²) in [5.74, 6) is -1.52. The van der Waals surface area contributed by atoms with Crippen LogP contribution in [-0.4, -0.2) is 28.1 Å². The highest BCUT2D eigenvalue weighted by Gasteiger charge is 2.32. The molecule has 146 valence electrons. The van der Waals surface area contributed by atoms with Crippen molar-refractivity contribution in [1.82, 2.24) is 0 Å². The molecular weight excluding hydrogens is 369 g/mol. The number of halogens is 1. The van der Waals surface area contributed by atoms with Crippen LogP contribution in [0.5, 0.6) is 5.75 Å². The highest BCUT2D eigenvalue weighted by Crippen LogP contribution is 2.24. The Hall–Kier alpha value is -3.51. The zero-order chi connectivity index (χ0) is 20.9. The number of aryl methyl sites for hydroxylation is 1. The van der Waals surface area contributed by atoms with Gasteiger partial charge in [0, 0.05) is 23.4 Å². The third-order valence-electron chi connectivity index (χ3n) is 3.99. The van der Waals surface area contributed by atoms with E-state index in [9.17, 15) is 24.4 Å². The number of rotatable bonds is 7. The SMILES string of the molecule is CCc1cc(NC(=O)C(C)(O)COc2ccc(C#N)c(F)c2)ccc1[N+](=O)[O-]. The van der Waals surface area contributed by atoms with Gasteiger partial charge in [0.2, 0.25) is 0 Å². The minimum Gasteiger partial charge on any atom is -0.490 e. The molecule has 0 aliphatic heterocycles. The van der Waals surface area contributed by atoms with Crippen LogP contribution >= 0.6 is 0 Å². The number of hydrogen-bond donors (Lipinski definition) is 2. The first-order valence-corrected chi connectivity index (χ1v) is 8.31. The summed E-state index contributed by atoms with van der Waals surface area (Å²) in [5, 5.41) is 32.5. The molecule has 2 rings (SSSR count). The van der Waals surface area contributed by atoms with Gasteiger partial charge in [-0.1, -0.05) is 6.92 Å². The average molecular weight is 387 g/mol. The lowest BCUT2D eigenvalue weighted by atomic mass is 10.1. The Bertz CT molecular complexity index is 953. The zero-order valence-electron chi connectivity index (χ0n) is 15.2. The molecule has 1 unspecified atom stereocenters. The number of anilines is 1. The maximum atomic E-state index is 13.6. The van der Waals surface area contributed by atoms with Crippen LogP contribution < -0.4 is 10.1 Å². The second-order valence-corrected chi connectivity index (χ2v) is 6.22. The second-order valence-electron chi connectivity index (χ2n) is 6.22. The number of ether oxygens (including phenoxy) is 1. The lowest BCUT2D eigenvalue weighted by Crippen LogP contribution is -2.45. The molecule has 2 N–H and O–H groups in total. The Labute approximate surface area is 160 Å². The molecule has 0 aliphatic rings. The average Bonchev–Trinajstić information content (AvgIpc) is 2.66. The van der Waals surface area contributed by atoms with Gasteiger partial charge in [0.05, 0.1) is 10.5 Å². The van der Waals surface area contributed by atoms with Gasteiger partial charge in [-0.3, -0.25) is 14.9 Å². The largest absolute Gasteiger partial charge is 0.490 e. The van der Waals surface area contributed by atoms with Crippen molar-refractivity contribution >= 4 is 17.3 Å². The Kier molecular flexibility index (Phi) is 6.28. The fraction of sp³-hybridized carbons (Fsp3) is 0.263. The predicted octanol–water partition coefficient (Wildman–Crippen LogP) is 2.94. The van der Waals surface area contributed by atoms with Gasteiger partial charge in [-0.15, -0.1) is 0 Å². The Morgan fingerprint density at radius 1 is 1.39 bits per heavy atom. The van der Waals surface area contributed by atoms with E-state index in [1.807, 2.05) is 0 Å². The summed E-state index contributed by atoms with van der Waals surface area (Å²) in [7, 11) is 0. The Morgan fingerprint density at radius 2 is 2.11 bits per heavy atom. The van der Waals surface area contributed by atoms with Crippen molar-refractivity contribution in [3.8, 4) is 11.8 Å². The van der Waals surface area contributed by atoms with E-state index in [0.29, 0.717) is 12.0 Å². The quantitative estimate of drug-likeness (QED) is 0.556. The molecule has 8 nitrogen and oxygen atoms in total. The number of carbonyl (C=O) groups is 1. The van der Waals surface area contributed by atoms with E-state index in [1.54, 1.807) is 13.0 Å². The van der Waals surface area contributed by atoms with E-state index in [0.717, 1.165) is 6.07 Å². The minimum absolute atomic E-state index is 0.0492. The number of hydrogen-bond acceptors (Lipinski definition) is 6. The molecule has 1 amide bonds. The smallest absolute Gasteiger partial charge is 0.272 e. The third-order valence-corrected chi connectivity index (χ3v) is 3.99. The molecule has 0 radical (unpaired) electrons. The normalized spacial score (nSPS) is 12.5. The van der Waals surface area contributed by atoms with Crippen LogP contribution in [0.25, 0.3) is 0 Å². The van der Waals surface area contributed by atoms with Crippen molar-refractivity contribution in [1.29, 1.82) is 5.26 Å². The monoisotopic (exact) mass is 387 g/mol. The number of aliphatic hydroxyl groups is 1. The number of nitro groups is 1. The highest BCUT2D eigenvalue weighted by molar-refractivity contribution is 5.97. The minimum atomic E-state index is -1.96. The van der Waals surface area contributed by atoms with Crippen molar-refractivity contribution in [3.63, 3.8) is 0 Å². The molecule has 0 heterocycles. The molecule has 0 bridgehead atoms. The van der Waals surface area contributed by atoms with Crippen molar-refractivity contribution in [3.05, 3.63) is 63.5 Å². The number of nitriles is 1. The number of nitrogens with one attached hydrogen (secondary N) is 1. The second kappa shape index (κ2) is 8.45. The summed E-state index contributed by atoms with van der Waals surface area (Å²) in [6, 6.07) is 9.33. The Morgan fingerprint density at radius 3 is 2.68 bits per heavy atom. The number of carbonyl (C=O) groups excluding carboxylic acids is 1. The fourth-order valence-corrected chi connectivity index (χ4v) is 2.36. The first-order valence-electron chi connectivity index (χ1n) is 8.31. The summed E-state index contributed by atoms with van der Waals surface area (Å²) < 4.78 is 18.8.